The molecule has 0 spiro atoms. The fourth-order valence-electron chi connectivity index (χ4n) is 3.04. The van der Waals surface area contributed by atoms with Crippen LogP contribution in [0.3, 0.4) is 0 Å². The van der Waals surface area contributed by atoms with Gasteiger partial charge in [-0.2, -0.15) is 5.10 Å². The molecule has 0 bridgehead atoms. The van der Waals surface area contributed by atoms with Crippen molar-refractivity contribution in [2.24, 2.45) is 0 Å². The second kappa shape index (κ2) is 8.97. The van der Waals surface area contributed by atoms with E-state index in [1.165, 1.54) is 5.56 Å². The number of nitrogens with zero attached hydrogens (tertiary/aromatic N) is 3. The zero-order valence-electron chi connectivity index (χ0n) is 17.9. The van der Waals surface area contributed by atoms with Crippen LogP contribution in [0.15, 0.2) is 40.8 Å². The first-order chi connectivity index (χ1) is 13.7. The maximum absolute atomic E-state index is 5.97. The summed E-state index contributed by atoms with van der Waals surface area (Å²) in [7, 11) is 4.12. The zero-order chi connectivity index (χ0) is 21.0. The Bertz CT molecular complexity index is 977. The molecule has 1 aromatic carbocycles. The number of hydrogen-bond acceptors (Lipinski definition) is 5. The van der Waals surface area contributed by atoms with Crippen LogP contribution in [-0.2, 0) is 18.6 Å². The van der Waals surface area contributed by atoms with E-state index in [-0.39, 0.29) is 5.41 Å². The third-order valence-corrected chi connectivity index (χ3v) is 5.04. The first-order valence-corrected chi connectivity index (χ1v) is 10.3. The van der Waals surface area contributed by atoms with Crippen LogP contribution >= 0.6 is 12.2 Å². The van der Waals surface area contributed by atoms with Gasteiger partial charge in [-0.3, -0.25) is 9.67 Å². The lowest BCUT2D eigenvalue weighted by molar-refractivity contribution is 0.271. The summed E-state index contributed by atoms with van der Waals surface area (Å²) in [6, 6.07) is 12.0. The number of furan rings is 1. The molecule has 0 aliphatic rings. The van der Waals surface area contributed by atoms with Gasteiger partial charge in [-0.25, -0.2) is 0 Å². The monoisotopic (exact) mass is 414 g/mol. The molecular formula is C22H30N4O2S. The summed E-state index contributed by atoms with van der Waals surface area (Å²) in [5, 5.41) is 7.21. The Morgan fingerprint density at radius 3 is 2.52 bits per heavy atom. The molecule has 7 heteroatoms. The van der Waals surface area contributed by atoms with E-state index < -0.39 is 0 Å². The summed E-state index contributed by atoms with van der Waals surface area (Å²) in [6.07, 6.45) is 0.981. The van der Waals surface area contributed by atoms with Crippen molar-refractivity contribution in [3.05, 3.63) is 52.5 Å². The Balaban J connectivity index is 1.65. The lowest BCUT2D eigenvalue weighted by Gasteiger charge is -2.19. The fraction of sp³-hybridized carbons (Fsp3) is 0.455. The molecular weight excluding hydrogens is 384 g/mol. The minimum atomic E-state index is 0.128. The van der Waals surface area contributed by atoms with E-state index in [1.54, 1.807) is 0 Å². The highest BCUT2D eigenvalue weighted by molar-refractivity contribution is 7.71. The van der Waals surface area contributed by atoms with Crippen molar-refractivity contribution in [1.82, 2.24) is 19.7 Å². The van der Waals surface area contributed by atoms with Gasteiger partial charge in [-0.15, -0.1) is 0 Å². The Morgan fingerprint density at radius 1 is 1.14 bits per heavy atom. The largest absolute Gasteiger partial charge is 0.486 e. The zero-order valence-corrected chi connectivity index (χ0v) is 18.7. The summed E-state index contributed by atoms with van der Waals surface area (Å²) >= 11 is 5.38. The molecule has 0 saturated carbocycles. The van der Waals surface area contributed by atoms with E-state index in [1.807, 2.05) is 28.8 Å². The van der Waals surface area contributed by atoms with Crippen molar-refractivity contribution in [1.29, 1.82) is 0 Å². The van der Waals surface area contributed by atoms with Crippen LogP contribution in [-0.4, -0.2) is 40.3 Å². The first kappa shape index (κ1) is 21.3. The first-order valence-electron chi connectivity index (χ1n) is 9.86. The van der Waals surface area contributed by atoms with Crippen LogP contribution in [0.5, 0.6) is 5.75 Å². The quantitative estimate of drug-likeness (QED) is 0.524. The Hall–Kier alpha value is -2.38. The molecule has 2 aromatic heterocycles. The minimum Gasteiger partial charge on any atom is -0.486 e. The summed E-state index contributed by atoms with van der Waals surface area (Å²) < 4.78 is 14.4. The average molecular weight is 415 g/mol. The molecule has 2 heterocycles. The van der Waals surface area contributed by atoms with Crippen LogP contribution in [0.4, 0.5) is 0 Å². The molecule has 0 atom stereocenters. The van der Waals surface area contributed by atoms with E-state index in [2.05, 4.69) is 62.1 Å². The second-order valence-electron chi connectivity index (χ2n) is 8.49. The van der Waals surface area contributed by atoms with E-state index in [4.69, 9.17) is 21.4 Å². The highest BCUT2D eigenvalue weighted by atomic mass is 32.1. The highest BCUT2D eigenvalue weighted by Crippen LogP contribution is 2.25. The van der Waals surface area contributed by atoms with Crippen molar-refractivity contribution < 1.29 is 9.15 Å². The van der Waals surface area contributed by atoms with E-state index in [9.17, 15) is 0 Å². The number of nitrogens with one attached hydrogen (secondary N) is 1. The predicted molar refractivity (Wildman–Crippen MR) is 118 cm³/mol. The molecule has 0 amide bonds. The van der Waals surface area contributed by atoms with Crippen LogP contribution in [0.2, 0.25) is 0 Å². The number of H-pyrrole nitrogens is 1. The van der Waals surface area contributed by atoms with Gasteiger partial charge in [0.1, 0.15) is 18.1 Å². The molecule has 0 fully saturated rings. The molecule has 6 nitrogen and oxygen atoms in total. The summed E-state index contributed by atoms with van der Waals surface area (Å²) in [4.78, 5) is 2.15. The lowest BCUT2D eigenvalue weighted by atomic mass is 9.87. The van der Waals surface area contributed by atoms with Crippen molar-refractivity contribution in [2.45, 2.75) is 45.8 Å². The molecule has 29 heavy (non-hydrogen) atoms. The minimum absolute atomic E-state index is 0.128. The van der Waals surface area contributed by atoms with Crippen LogP contribution in [0.25, 0.3) is 11.6 Å². The van der Waals surface area contributed by atoms with Gasteiger partial charge in [0.15, 0.2) is 16.4 Å². The van der Waals surface area contributed by atoms with Crippen molar-refractivity contribution in [3.8, 4) is 17.3 Å². The molecule has 0 radical (unpaired) electrons. The molecule has 3 aromatic rings. The number of aromatic nitrogens is 3. The maximum Gasteiger partial charge on any atom is 0.198 e. The Kier molecular flexibility index (Phi) is 6.59. The fourth-order valence-corrected chi connectivity index (χ4v) is 3.26. The van der Waals surface area contributed by atoms with Crippen molar-refractivity contribution >= 4 is 12.2 Å². The van der Waals surface area contributed by atoms with Gasteiger partial charge in [0.25, 0.3) is 0 Å². The SMILES string of the molecule is CN(C)CCCn1c(-c2ccc(COc3ccc(C(C)(C)C)cc3)o2)n[nH]c1=S. The molecule has 3 rings (SSSR count). The summed E-state index contributed by atoms with van der Waals surface area (Å²) in [5.74, 6) is 2.97. The highest BCUT2D eigenvalue weighted by Gasteiger charge is 2.15. The molecule has 0 saturated heterocycles. The summed E-state index contributed by atoms with van der Waals surface area (Å²) in [5.41, 5.74) is 1.41. The molecule has 1 N–H and O–H groups in total. The number of ether oxygens (including phenoxy) is 1. The van der Waals surface area contributed by atoms with Gasteiger partial charge >= 0.3 is 0 Å². The van der Waals surface area contributed by atoms with Crippen LogP contribution < -0.4 is 4.74 Å². The molecule has 0 aliphatic heterocycles. The van der Waals surface area contributed by atoms with Gasteiger partial charge in [-0.05, 0) is 74.5 Å². The predicted octanol–water partition coefficient (Wildman–Crippen LogP) is 5.03. The normalized spacial score (nSPS) is 11.9. The number of rotatable bonds is 8. The van der Waals surface area contributed by atoms with Gasteiger partial charge in [-0.1, -0.05) is 32.9 Å². The smallest absolute Gasteiger partial charge is 0.198 e. The van der Waals surface area contributed by atoms with Gasteiger partial charge in [0.2, 0.25) is 0 Å². The third kappa shape index (κ3) is 5.58. The maximum atomic E-state index is 5.97. The molecule has 0 aliphatic carbocycles. The van der Waals surface area contributed by atoms with E-state index in [0.717, 1.165) is 36.8 Å². The number of aromatic amines is 1. The standard InChI is InChI=1S/C22H30N4O2S/c1-22(2,3)16-7-9-17(10-8-16)27-15-18-11-12-19(28-18)20-23-24-21(29)26(20)14-6-13-25(4)5/h7-12H,6,13-15H2,1-5H3,(H,24,29). The van der Waals surface area contributed by atoms with Crippen molar-refractivity contribution in [2.75, 3.05) is 20.6 Å². The Labute approximate surface area is 177 Å². The van der Waals surface area contributed by atoms with E-state index >= 15 is 0 Å². The van der Waals surface area contributed by atoms with E-state index in [0.29, 0.717) is 17.1 Å². The number of benzene rings is 1. The topological polar surface area (TPSA) is 59.2 Å². The van der Waals surface area contributed by atoms with Gasteiger partial charge in [0, 0.05) is 6.54 Å². The third-order valence-electron chi connectivity index (χ3n) is 4.73. The molecule has 156 valence electrons. The Morgan fingerprint density at radius 2 is 1.86 bits per heavy atom. The van der Waals surface area contributed by atoms with Crippen molar-refractivity contribution in [3.63, 3.8) is 0 Å². The van der Waals surface area contributed by atoms with Crippen LogP contribution in [0.1, 0.15) is 38.5 Å². The number of hydrogen-bond donors (Lipinski definition) is 1. The van der Waals surface area contributed by atoms with Gasteiger partial charge < -0.3 is 14.1 Å². The summed E-state index contributed by atoms with van der Waals surface area (Å²) in [6.45, 7) is 8.73. The lowest BCUT2D eigenvalue weighted by Crippen LogP contribution is -2.15. The van der Waals surface area contributed by atoms with Crippen LogP contribution in [0, 0.1) is 4.77 Å². The second-order valence-corrected chi connectivity index (χ2v) is 8.88. The average Bonchev–Trinajstić information content (AvgIpc) is 3.26. The molecule has 0 unspecified atom stereocenters. The van der Waals surface area contributed by atoms with Gasteiger partial charge in [0.05, 0.1) is 0 Å².